The first-order valence-electron chi connectivity index (χ1n) is 5.27. The summed E-state index contributed by atoms with van der Waals surface area (Å²) in [6, 6.07) is 2.94. The molecule has 0 saturated carbocycles. The zero-order valence-electron chi connectivity index (χ0n) is 9.84. The molecule has 100 valence electrons. The Morgan fingerprint density at radius 1 is 1.61 bits per heavy atom. The normalized spacial score (nSPS) is 10.5. The molecule has 0 amide bonds. The Bertz CT molecular complexity index is 402. The molecule has 0 aliphatic heterocycles. The zero-order valence-corrected chi connectivity index (χ0v) is 9.84. The molecule has 0 spiro atoms. The second-order valence-electron chi connectivity index (χ2n) is 3.43. The predicted molar refractivity (Wildman–Crippen MR) is 60.9 cm³/mol. The number of anilines is 1. The van der Waals surface area contributed by atoms with E-state index in [2.05, 4.69) is 9.72 Å². The van der Waals surface area contributed by atoms with Gasteiger partial charge in [0, 0.05) is 12.7 Å². The molecule has 1 N–H and O–H groups in total. The molecule has 0 aromatic carbocycles. The van der Waals surface area contributed by atoms with E-state index in [1.54, 1.807) is 0 Å². The number of alkyl halides is 2. The van der Waals surface area contributed by atoms with Crippen LogP contribution in [0.1, 0.15) is 10.4 Å². The molecule has 0 saturated heterocycles. The van der Waals surface area contributed by atoms with Crippen LogP contribution in [0.5, 0.6) is 0 Å². The number of aliphatic hydroxyl groups is 1. The first-order valence-corrected chi connectivity index (χ1v) is 5.27. The van der Waals surface area contributed by atoms with E-state index in [0.717, 1.165) is 4.90 Å². The molecule has 18 heavy (non-hydrogen) atoms. The van der Waals surface area contributed by atoms with Crippen molar-refractivity contribution >= 4 is 11.8 Å². The average molecular weight is 260 g/mol. The Hall–Kier alpha value is -1.76. The third kappa shape index (κ3) is 3.63. The molecule has 0 atom stereocenters. The molecule has 1 aromatic rings. The Labute approximate surface area is 103 Å². The third-order valence-corrected chi connectivity index (χ3v) is 2.22. The number of halogens is 2. The van der Waals surface area contributed by atoms with Gasteiger partial charge in [-0.05, 0) is 12.1 Å². The van der Waals surface area contributed by atoms with Crippen molar-refractivity contribution in [2.45, 2.75) is 6.43 Å². The number of aliphatic hydroxyl groups excluding tert-OH is 1. The van der Waals surface area contributed by atoms with Crippen LogP contribution in [-0.4, -0.2) is 49.3 Å². The summed E-state index contributed by atoms with van der Waals surface area (Å²) >= 11 is 0. The molecule has 1 aromatic heterocycles. The van der Waals surface area contributed by atoms with E-state index in [1.807, 2.05) is 0 Å². The van der Waals surface area contributed by atoms with E-state index in [9.17, 15) is 13.6 Å². The molecule has 0 aliphatic carbocycles. The molecular weight excluding hydrogens is 246 g/mol. The molecule has 0 fully saturated rings. The fourth-order valence-electron chi connectivity index (χ4n) is 1.49. The Morgan fingerprint density at radius 3 is 2.89 bits per heavy atom. The minimum absolute atomic E-state index is 0.0364. The summed E-state index contributed by atoms with van der Waals surface area (Å²) in [6.07, 6.45) is -1.21. The van der Waals surface area contributed by atoms with E-state index in [4.69, 9.17) is 5.11 Å². The van der Waals surface area contributed by atoms with Crippen molar-refractivity contribution in [2.24, 2.45) is 0 Å². The third-order valence-electron chi connectivity index (χ3n) is 2.22. The SMILES string of the molecule is COC(=O)c1cccnc1N(CCO)CC(F)F. The minimum atomic E-state index is -2.59. The number of pyridine rings is 1. The van der Waals surface area contributed by atoms with Crippen LogP contribution >= 0.6 is 0 Å². The van der Waals surface area contributed by atoms with Gasteiger partial charge in [0.2, 0.25) is 0 Å². The first kappa shape index (κ1) is 14.3. The van der Waals surface area contributed by atoms with Crippen molar-refractivity contribution in [1.82, 2.24) is 4.98 Å². The highest BCUT2D eigenvalue weighted by Gasteiger charge is 2.20. The average Bonchev–Trinajstić information content (AvgIpc) is 2.37. The number of ether oxygens (including phenoxy) is 1. The van der Waals surface area contributed by atoms with Gasteiger partial charge in [-0.2, -0.15) is 0 Å². The zero-order chi connectivity index (χ0) is 13.5. The van der Waals surface area contributed by atoms with Crippen molar-refractivity contribution in [2.75, 3.05) is 31.7 Å². The van der Waals surface area contributed by atoms with Gasteiger partial charge in [-0.1, -0.05) is 0 Å². The number of nitrogens with zero attached hydrogens (tertiary/aromatic N) is 2. The van der Waals surface area contributed by atoms with Crippen molar-refractivity contribution in [3.8, 4) is 0 Å². The van der Waals surface area contributed by atoms with Crippen LogP contribution in [0, 0.1) is 0 Å². The minimum Gasteiger partial charge on any atom is -0.465 e. The van der Waals surface area contributed by atoms with Gasteiger partial charge in [-0.3, -0.25) is 0 Å². The highest BCUT2D eigenvalue weighted by molar-refractivity contribution is 5.94. The largest absolute Gasteiger partial charge is 0.465 e. The molecule has 0 unspecified atom stereocenters. The lowest BCUT2D eigenvalue weighted by Gasteiger charge is -2.23. The second-order valence-corrected chi connectivity index (χ2v) is 3.43. The molecule has 0 aliphatic rings. The maximum atomic E-state index is 12.4. The van der Waals surface area contributed by atoms with E-state index in [-0.39, 0.29) is 24.5 Å². The topological polar surface area (TPSA) is 62.7 Å². The lowest BCUT2D eigenvalue weighted by Crippen LogP contribution is -2.33. The van der Waals surface area contributed by atoms with Crippen LogP contribution in [0.3, 0.4) is 0 Å². The van der Waals surface area contributed by atoms with Gasteiger partial charge in [0.25, 0.3) is 6.43 Å². The molecule has 0 radical (unpaired) electrons. The molecule has 1 heterocycles. The maximum Gasteiger partial charge on any atom is 0.341 e. The molecule has 5 nitrogen and oxygen atoms in total. The Morgan fingerprint density at radius 2 is 2.33 bits per heavy atom. The standard InChI is InChI=1S/C11H14F2N2O3/c1-18-11(17)8-3-2-4-14-10(8)15(5-6-16)7-9(12)13/h2-4,9,16H,5-7H2,1H3. The number of methoxy groups -OCH3 is 1. The van der Waals surface area contributed by atoms with Crippen LogP contribution in [0.25, 0.3) is 0 Å². The summed E-state index contributed by atoms with van der Waals surface area (Å²) in [7, 11) is 1.20. The van der Waals surface area contributed by atoms with E-state index < -0.39 is 18.9 Å². The van der Waals surface area contributed by atoms with Crippen molar-refractivity contribution < 1.29 is 23.4 Å². The summed E-state index contributed by atoms with van der Waals surface area (Å²) in [5.74, 6) is -0.575. The Balaban J connectivity index is 3.06. The van der Waals surface area contributed by atoms with Crippen LogP contribution in [-0.2, 0) is 4.74 Å². The summed E-state index contributed by atoms with van der Waals surface area (Å²) < 4.78 is 29.4. The van der Waals surface area contributed by atoms with Crippen LogP contribution in [0.15, 0.2) is 18.3 Å². The Kier molecular flexibility index (Phi) is 5.44. The maximum absolute atomic E-state index is 12.4. The molecular formula is C11H14F2N2O3. The number of carbonyl (C=O) groups is 1. The van der Waals surface area contributed by atoms with E-state index >= 15 is 0 Å². The van der Waals surface area contributed by atoms with Gasteiger partial charge >= 0.3 is 5.97 Å². The summed E-state index contributed by atoms with van der Waals surface area (Å²) in [5, 5.41) is 8.87. The summed E-state index contributed by atoms with van der Waals surface area (Å²) in [6.45, 7) is -0.961. The number of hydrogen-bond acceptors (Lipinski definition) is 5. The van der Waals surface area contributed by atoms with Crippen LogP contribution in [0.4, 0.5) is 14.6 Å². The highest BCUT2D eigenvalue weighted by Crippen LogP contribution is 2.18. The van der Waals surface area contributed by atoms with Gasteiger partial charge in [-0.25, -0.2) is 18.6 Å². The van der Waals surface area contributed by atoms with Crippen LogP contribution < -0.4 is 4.90 Å². The predicted octanol–water partition coefficient (Wildman–Crippen LogP) is 0.932. The monoisotopic (exact) mass is 260 g/mol. The summed E-state index contributed by atoms with van der Waals surface area (Å²) in [5.41, 5.74) is 0.0918. The number of aromatic nitrogens is 1. The molecule has 0 bridgehead atoms. The van der Waals surface area contributed by atoms with Gasteiger partial charge in [0.1, 0.15) is 11.4 Å². The van der Waals surface area contributed by atoms with E-state index in [0.29, 0.717) is 0 Å². The number of hydrogen-bond donors (Lipinski definition) is 1. The highest BCUT2D eigenvalue weighted by atomic mass is 19.3. The van der Waals surface area contributed by atoms with Gasteiger partial charge < -0.3 is 14.7 Å². The molecule has 7 heteroatoms. The fraction of sp³-hybridized carbons (Fsp3) is 0.455. The van der Waals surface area contributed by atoms with Gasteiger partial charge in [-0.15, -0.1) is 0 Å². The lowest BCUT2D eigenvalue weighted by molar-refractivity contribution is 0.0600. The fourth-order valence-corrected chi connectivity index (χ4v) is 1.49. The number of esters is 1. The molecule has 1 rings (SSSR count). The van der Waals surface area contributed by atoms with Gasteiger partial charge in [0.05, 0.1) is 20.3 Å². The van der Waals surface area contributed by atoms with Crippen LogP contribution in [0.2, 0.25) is 0 Å². The first-order chi connectivity index (χ1) is 8.60. The quantitative estimate of drug-likeness (QED) is 0.771. The van der Waals surface area contributed by atoms with E-state index in [1.165, 1.54) is 25.4 Å². The number of carbonyl (C=O) groups excluding carboxylic acids is 1. The number of rotatable bonds is 6. The van der Waals surface area contributed by atoms with Crippen molar-refractivity contribution in [3.05, 3.63) is 23.9 Å². The second kappa shape index (κ2) is 6.85. The smallest absolute Gasteiger partial charge is 0.341 e. The van der Waals surface area contributed by atoms with Gasteiger partial charge in [0.15, 0.2) is 0 Å². The lowest BCUT2D eigenvalue weighted by atomic mass is 10.2. The van der Waals surface area contributed by atoms with Crippen molar-refractivity contribution in [3.63, 3.8) is 0 Å². The summed E-state index contributed by atoms with van der Waals surface area (Å²) in [4.78, 5) is 16.5. The van der Waals surface area contributed by atoms with Crippen molar-refractivity contribution in [1.29, 1.82) is 0 Å².